The van der Waals surface area contributed by atoms with Gasteiger partial charge >= 0.3 is 0 Å². The maximum atomic E-state index is 12.4. The Balaban J connectivity index is 1.99. The number of anilines is 1. The van der Waals surface area contributed by atoms with Crippen LogP contribution in [0.4, 0.5) is 5.69 Å². The Hall–Kier alpha value is -1.82. The molecular weight excluding hydrogens is 324 g/mol. The van der Waals surface area contributed by atoms with Crippen LogP contribution >= 0.6 is 0 Å². The molecule has 1 aromatic carbocycles. The standard InChI is InChI=1S/C18H26N2O3S/c1-15(18(21)19-14-13-16-9-5-3-6-10-16)20(24(2,22)23)17-11-7-4-8-12-17/h4,7-9,11-12,15H,3,5-6,10,13-14H2,1-2H3,(H,19,21)/t15-/m0/s1. The molecule has 0 saturated heterocycles. The molecule has 24 heavy (non-hydrogen) atoms. The summed E-state index contributed by atoms with van der Waals surface area (Å²) < 4.78 is 25.4. The van der Waals surface area contributed by atoms with Crippen LogP contribution in [0.2, 0.25) is 0 Å². The summed E-state index contributed by atoms with van der Waals surface area (Å²) in [6.07, 6.45) is 8.89. The van der Waals surface area contributed by atoms with Crippen LogP contribution in [-0.4, -0.2) is 33.2 Å². The highest BCUT2D eigenvalue weighted by Gasteiger charge is 2.28. The second-order valence-corrected chi connectivity index (χ2v) is 8.08. The molecule has 1 aromatic rings. The van der Waals surface area contributed by atoms with Gasteiger partial charge in [0, 0.05) is 6.54 Å². The van der Waals surface area contributed by atoms with Crippen molar-refractivity contribution < 1.29 is 13.2 Å². The maximum absolute atomic E-state index is 12.4. The third-order valence-corrected chi connectivity index (χ3v) is 5.47. The number of rotatable bonds is 7. The van der Waals surface area contributed by atoms with Crippen LogP contribution in [0.15, 0.2) is 42.0 Å². The van der Waals surface area contributed by atoms with E-state index in [-0.39, 0.29) is 5.91 Å². The lowest BCUT2D eigenvalue weighted by atomic mass is 9.97. The third kappa shape index (κ3) is 5.09. The van der Waals surface area contributed by atoms with Gasteiger partial charge in [-0.2, -0.15) is 0 Å². The molecule has 6 heteroatoms. The molecule has 0 radical (unpaired) electrons. The number of sulfonamides is 1. The Labute approximate surface area is 144 Å². The monoisotopic (exact) mass is 350 g/mol. The van der Waals surface area contributed by atoms with E-state index in [4.69, 9.17) is 0 Å². The first kappa shape index (κ1) is 18.5. The first-order valence-corrected chi connectivity index (χ1v) is 10.2. The molecule has 132 valence electrons. The quantitative estimate of drug-likeness (QED) is 0.769. The van der Waals surface area contributed by atoms with Crippen LogP contribution in [0, 0.1) is 0 Å². The first-order chi connectivity index (χ1) is 11.4. The molecular formula is C18H26N2O3S. The van der Waals surface area contributed by atoms with E-state index < -0.39 is 16.1 Å². The topological polar surface area (TPSA) is 66.5 Å². The molecule has 0 bridgehead atoms. The number of carbonyl (C=O) groups is 1. The third-order valence-electron chi connectivity index (χ3n) is 4.23. The van der Waals surface area contributed by atoms with Crippen LogP contribution in [0.1, 0.15) is 39.0 Å². The number of nitrogens with one attached hydrogen (secondary N) is 1. The SMILES string of the molecule is C[C@@H](C(=O)NCCC1=CCCCC1)N(c1ccccc1)S(C)(=O)=O. The summed E-state index contributed by atoms with van der Waals surface area (Å²) in [6.45, 7) is 2.16. The van der Waals surface area contributed by atoms with E-state index in [1.165, 1.54) is 22.7 Å². The molecule has 2 rings (SSSR count). The number of hydrogen-bond acceptors (Lipinski definition) is 3. The second-order valence-electron chi connectivity index (χ2n) is 6.22. The smallest absolute Gasteiger partial charge is 0.243 e. The van der Waals surface area contributed by atoms with E-state index in [0.29, 0.717) is 12.2 Å². The summed E-state index contributed by atoms with van der Waals surface area (Å²) in [7, 11) is -3.55. The fourth-order valence-corrected chi connectivity index (χ4v) is 4.18. The number of nitrogens with zero attached hydrogens (tertiary/aromatic N) is 1. The predicted molar refractivity (Wildman–Crippen MR) is 97.4 cm³/mol. The summed E-state index contributed by atoms with van der Waals surface area (Å²) in [5.41, 5.74) is 1.88. The van der Waals surface area contributed by atoms with Gasteiger partial charge in [-0.1, -0.05) is 29.8 Å². The number of amides is 1. The Morgan fingerprint density at radius 3 is 2.54 bits per heavy atom. The summed E-state index contributed by atoms with van der Waals surface area (Å²) in [5.74, 6) is -0.277. The molecule has 5 nitrogen and oxygen atoms in total. The van der Waals surface area contributed by atoms with Gasteiger partial charge in [-0.15, -0.1) is 0 Å². The molecule has 0 aliphatic heterocycles. The molecule has 0 unspecified atom stereocenters. The Kier molecular flexibility index (Phi) is 6.43. The van der Waals surface area contributed by atoms with Crippen molar-refractivity contribution in [3.63, 3.8) is 0 Å². The zero-order valence-corrected chi connectivity index (χ0v) is 15.2. The fraction of sp³-hybridized carbons (Fsp3) is 0.500. The number of carbonyl (C=O) groups excluding carboxylic acids is 1. The highest BCUT2D eigenvalue weighted by molar-refractivity contribution is 7.92. The highest BCUT2D eigenvalue weighted by Crippen LogP contribution is 2.21. The summed E-state index contributed by atoms with van der Waals surface area (Å²) in [5, 5.41) is 2.87. The lowest BCUT2D eigenvalue weighted by molar-refractivity contribution is -0.121. The van der Waals surface area contributed by atoms with Crippen molar-refractivity contribution in [2.45, 2.75) is 45.1 Å². The zero-order chi connectivity index (χ0) is 17.6. The minimum absolute atomic E-state index is 0.277. The van der Waals surface area contributed by atoms with Gasteiger partial charge in [0.15, 0.2) is 0 Å². The largest absolute Gasteiger partial charge is 0.354 e. The Morgan fingerprint density at radius 2 is 1.96 bits per heavy atom. The average molecular weight is 350 g/mol. The molecule has 1 N–H and O–H groups in total. The molecule has 1 amide bonds. The number of benzene rings is 1. The van der Waals surface area contributed by atoms with Crippen LogP contribution in [0.3, 0.4) is 0 Å². The lowest BCUT2D eigenvalue weighted by Crippen LogP contribution is -2.48. The lowest BCUT2D eigenvalue weighted by Gasteiger charge is -2.28. The van der Waals surface area contributed by atoms with E-state index in [1.807, 2.05) is 6.07 Å². The maximum Gasteiger partial charge on any atom is 0.243 e. The van der Waals surface area contributed by atoms with E-state index in [9.17, 15) is 13.2 Å². The van der Waals surface area contributed by atoms with Crippen LogP contribution in [0.25, 0.3) is 0 Å². The molecule has 1 atom stereocenters. The van der Waals surface area contributed by atoms with Crippen LogP contribution in [0.5, 0.6) is 0 Å². The van der Waals surface area contributed by atoms with E-state index in [1.54, 1.807) is 31.2 Å². The zero-order valence-electron chi connectivity index (χ0n) is 14.4. The molecule has 0 heterocycles. The molecule has 0 fully saturated rings. The van der Waals surface area contributed by atoms with Crippen molar-refractivity contribution in [1.29, 1.82) is 0 Å². The van der Waals surface area contributed by atoms with Crippen LogP contribution < -0.4 is 9.62 Å². The number of para-hydroxylation sites is 1. The molecule has 1 aliphatic carbocycles. The van der Waals surface area contributed by atoms with Gasteiger partial charge in [0.1, 0.15) is 6.04 Å². The highest BCUT2D eigenvalue weighted by atomic mass is 32.2. The van der Waals surface area contributed by atoms with Gasteiger partial charge in [0.2, 0.25) is 15.9 Å². The van der Waals surface area contributed by atoms with Crippen molar-refractivity contribution in [2.75, 3.05) is 17.1 Å². The van der Waals surface area contributed by atoms with Gasteiger partial charge in [0.25, 0.3) is 0 Å². The minimum Gasteiger partial charge on any atom is -0.354 e. The van der Waals surface area contributed by atoms with Crippen LogP contribution in [-0.2, 0) is 14.8 Å². The Morgan fingerprint density at radius 1 is 1.25 bits per heavy atom. The average Bonchev–Trinajstić information content (AvgIpc) is 2.55. The first-order valence-electron chi connectivity index (χ1n) is 8.39. The second kappa shape index (κ2) is 8.33. The summed E-state index contributed by atoms with van der Waals surface area (Å²) in [6, 6.07) is 7.92. The molecule has 0 saturated carbocycles. The van der Waals surface area contributed by atoms with E-state index in [2.05, 4.69) is 11.4 Å². The van der Waals surface area contributed by atoms with E-state index in [0.717, 1.165) is 25.5 Å². The predicted octanol–water partition coefficient (Wildman–Crippen LogP) is 2.85. The number of hydrogen-bond donors (Lipinski definition) is 1. The minimum atomic E-state index is -3.55. The normalized spacial score (nSPS) is 16.2. The Bertz CT molecular complexity index is 683. The summed E-state index contributed by atoms with van der Waals surface area (Å²) >= 11 is 0. The fourth-order valence-electron chi connectivity index (χ4n) is 3.01. The molecule has 1 aliphatic rings. The van der Waals surface area contributed by atoms with Crippen molar-refractivity contribution in [1.82, 2.24) is 5.32 Å². The van der Waals surface area contributed by atoms with E-state index >= 15 is 0 Å². The van der Waals surface area contributed by atoms with Crippen molar-refractivity contribution in [3.05, 3.63) is 42.0 Å². The van der Waals surface area contributed by atoms with Gasteiger partial charge in [-0.3, -0.25) is 9.10 Å². The number of allylic oxidation sites excluding steroid dienone is 1. The van der Waals surface area contributed by atoms with Crippen molar-refractivity contribution in [3.8, 4) is 0 Å². The van der Waals surface area contributed by atoms with Gasteiger partial charge in [0.05, 0.1) is 11.9 Å². The van der Waals surface area contributed by atoms with Gasteiger partial charge in [-0.25, -0.2) is 8.42 Å². The van der Waals surface area contributed by atoms with Gasteiger partial charge < -0.3 is 5.32 Å². The van der Waals surface area contributed by atoms with Crippen molar-refractivity contribution >= 4 is 21.6 Å². The van der Waals surface area contributed by atoms with Crippen molar-refractivity contribution in [2.24, 2.45) is 0 Å². The van der Waals surface area contributed by atoms with Gasteiger partial charge in [-0.05, 0) is 51.2 Å². The molecule has 0 spiro atoms. The summed E-state index contributed by atoms with van der Waals surface area (Å²) in [4.78, 5) is 12.4. The molecule has 0 aromatic heterocycles.